The first-order valence-corrected chi connectivity index (χ1v) is 6.65. The van der Waals surface area contributed by atoms with E-state index >= 15 is 0 Å². The number of ether oxygens (including phenoxy) is 1. The van der Waals surface area contributed by atoms with E-state index in [9.17, 15) is 9.59 Å². The van der Waals surface area contributed by atoms with Gasteiger partial charge in [0, 0.05) is 18.1 Å². The highest BCUT2D eigenvalue weighted by molar-refractivity contribution is 6.33. The van der Waals surface area contributed by atoms with E-state index in [4.69, 9.17) is 16.3 Å². The van der Waals surface area contributed by atoms with Crippen LogP contribution in [0.1, 0.15) is 22.8 Å². The van der Waals surface area contributed by atoms with Crippen LogP contribution in [0.4, 0.5) is 5.69 Å². The summed E-state index contributed by atoms with van der Waals surface area (Å²) in [6.07, 6.45) is 0. The maximum atomic E-state index is 12.6. The lowest BCUT2D eigenvalue weighted by molar-refractivity contribution is -0.114. The number of benzene rings is 2. The first-order chi connectivity index (χ1) is 10.0. The first kappa shape index (κ1) is 15.1. The first-order valence-electron chi connectivity index (χ1n) is 6.27. The minimum atomic E-state index is -0.279. The van der Waals surface area contributed by atoms with Crippen molar-refractivity contribution in [3.05, 3.63) is 58.6 Å². The molecule has 0 heterocycles. The molecule has 108 valence electrons. The molecule has 0 aromatic heterocycles. The molecule has 0 radical (unpaired) electrons. The summed E-state index contributed by atoms with van der Waals surface area (Å²) in [5.74, 6) is -0.113. The van der Waals surface area contributed by atoms with E-state index in [1.165, 1.54) is 26.2 Å². The number of hydrogen-bond acceptors (Lipinski definition) is 3. The maximum absolute atomic E-state index is 12.6. The van der Waals surface area contributed by atoms with E-state index in [-0.39, 0.29) is 11.7 Å². The van der Waals surface area contributed by atoms with Gasteiger partial charge in [0.1, 0.15) is 5.75 Å². The van der Waals surface area contributed by atoms with E-state index < -0.39 is 0 Å². The monoisotopic (exact) mass is 303 g/mol. The van der Waals surface area contributed by atoms with Crippen molar-refractivity contribution in [1.29, 1.82) is 0 Å². The smallest absolute Gasteiger partial charge is 0.221 e. The molecule has 0 atom stereocenters. The minimum Gasteiger partial charge on any atom is -0.495 e. The number of carbonyl (C=O) groups is 2. The standard InChI is InChI=1S/C16H14ClNO3/c1-10(19)18-14-9-13(17)15(21-2)8-12(14)16(20)11-6-4-3-5-7-11/h3-9H,1-2H3,(H,18,19). The molecule has 2 aromatic carbocycles. The number of hydrogen-bond donors (Lipinski definition) is 1. The third-order valence-electron chi connectivity index (χ3n) is 2.88. The Hall–Kier alpha value is -2.33. The zero-order valence-electron chi connectivity index (χ0n) is 11.6. The summed E-state index contributed by atoms with van der Waals surface area (Å²) < 4.78 is 5.13. The van der Waals surface area contributed by atoms with Gasteiger partial charge in [0.2, 0.25) is 5.91 Å². The summed E-state index contributed by atoms with van der Waals surface area (Å²) in [6.45, 7) is 1.37. The van der Waals surface area contributed by atoms with E-state index in [2.05, 4.69) is 5.32 Å². The van der Waals surface area contributed by atoms with Crippen LogP contribution in [-0.4, -0.2) is 18.8 Å². The molecule has 21 heavy (non-hydrogen) atoms. The van der Waals surface area contributed by atoms with Gasteiger partial charge in [0.25, 0.3) is 0 Å². The Morgan fingerprint density at radius 3 is 2.38 bits per heavy atom. The van der Waals surface area contributed by atoms with Crippen molar-refractivity contribution in [3.8, 4) is 5.75 Å². The van der Waals surface area contributed by atoms with Gasteiger partial charge in [-0.15, -0.1) is 0 Å². The number of nitrogens with one attached hydrogen (secondary N) is 1. The number of anilines is 1. The lowest BCUT2D eigenvalue weighted by atomic mass is 10.0. The fourth-order valence-electron chi connectivity index (χ4n) is 1.94. The zero-order chi connectivity index (χ0) is 15.4. The van der Waals surface area contributed by atoms with E-state index in [0.29, 0.717) is 27.6 Å². The minimum absolute atomic E-state index is 0.214. The van der Waals surface area contributed by atoms with E-state index in [1.54, 1.807) is 24.3 Å². The third-order valence-corrected chi connectivity index (χ3v) is 3.18. The lowest BCUT2D eigenvalue weighted by Gasteiger charge is -2.12. The van der Waals surface area contributed by atoms with Crippen molar-refractivity contribution < 1.29 is 14.3 Å². The summed E-state index contributed by atoms with van der Waals surface area (Å²) in [6, 6.07) is 11.8. The molecule has 4 nitrogen and oxygen atoms in total. The number of ketones is 1. The van der Waals surface area contributed by atoms with Crippen molar-refractivity contribution >= 4 is 29.0 Å². The van der Waals surface area contributed by atoms with Gasteiger partial charge in [-0.25, -0.2) is 0 Å². The fourth-order valence-corrected chi connectivity index (χ4v) is 2.18. The van der Waals surface area contributed by atoms with Crippen molar-refractivity contribution in [2.24, 2.45) is 0 Å². The zero-order valence-corrected chi connectivity index (χ0v) is 12.4. The Kier molecular flexibility index (Phi) is 4.60. The quantitative estimate of drug-likeness (QED) is 0.879. The highest BCUT2D eigenvalue weighted by Gasteiger charge is 2.17. The summed E-state index contributed by atoms with van der Waals surface area (Å²) in [5, 5.41) is 2.94. The largest absolute Gasteiger partial charge is 0.495 e. The Balaban J connectivity index is 2.54. The molecule has 2 aromatic rings. The third kappa shape index (κ3) is 3.41. The van der Waals surface area contributed by atoms with E-state index in [0.717, 1.165) is 0 Å². The highest BCUT2D eigenvalue weighted by atomic mass is 35.5. The molecular weight excluding hydrogens is 290 g/mol. The van der Waals surface area contributed by atoms with Crippen molar-refractivity contribution in [1.82, 2.24) is 0 Å². The van der Waals surface area contributed by atoms with Crippen LogP contribution in [0, 0.1) is 0 Å². The van der Waals surface area contributed by atoms with Crippen LogP contribution >= 0.6 is 11.6 Å². The Morgan fingerprint density at radius 2 is 1.81 bits per heavy atom. The predicted octanol–water partition coefficient (Wildman–Crippen LogP) is 3.54. The second kappa shape index (κ2) is 6.41. The second-order valence-corrected chi connectivity index (χ2v) is 4.82. The number of rotatable bonds is 4. The van der Waals surface area contributed by atoms with Crippen LogP contribution in [0.2, 0.25) is 5.02 Å². The second-order valence-electron chi connectivity index (χ2n) is 4.41. The van der Waals surface area contributed by atoms with Crippen LogP contribution in [0.15, 0.2) is 42.5 Å². The molecule has 0 saturated carbocycles. The molecular formula is C16H14ClNO3. The average molecular weight is 304 g/mol. The fraction of sp³-hybridized carbons (Fsp3) is 0.125. The topological polar surface area (TPSA) is 55.4 Å². The van der Waals surface area contributed by atoms with Crippen LogP contribution in [0.3, 0.4) is 0 Å². The summed E-state index contributed by atoms with van der Waals surface area (Å²) in [5.41, 5.74) is 1.22. The number of methoxy groups -OCH3 is 1. The molecule has 1 N–H and O–H groups in total. The number of carbonyl (C=O) groups excluding carboxylic acids is 2. The average Bonchev–Trinajstić information content (AvgIpc) is 2.47. The molecule has 0 bridgehead atoms. The molecule has 0 aliphatic rings. The summed E-state index contributed by atoms with van der Waals surface area (Å²) >= 11 is 6.05. The molecule has 5 heteroatoms. The van der Waals surface area contributed by atoms with Crippen molar-refractivity contribution in [2.75, 3.05) is 12.4 Å². The van der Waals surface area contributed by atoms with Crippen LogP contribution in [-0.2, 0) is 4.79 Å². The number of halogens is 1. The summed E-state index contributed by atoms with van der Waals surface area (Å²) in [7, 11) is 1.47. The lowest BCUT2D eigenvalue weighted by Crippen LogP contribution is -2.12. The Bertz CT molecular complexity index is 683. The normalized spacial score (nSPS) is 10.0. The van der Waals surface area contributed by atoms with Gasteiger partial charge < -0.3 is 10.1 Å². The molecule has 2 rings (SSSR count). The maximum Gasteiger partial charge on any atom is 0.221 e. The van der Waals surface area contributed by atoms with Gasteiger partial charge in [0.05, 0.1) is 17.8 Å². The molecule has 1 amide bonds. The Labute approximate surface area is 127 Å². The van der Waals surface area contributed by atoms with Gasteiger partial charge >= 0.3 is 0 Å². The van der Waals surface area contributed by atoms with Crippen molar-refractivity contribution in [3.63, 3.8) is 0 Å². The van der Waals surface area contributed by atoms with Crippen LogP contribution < -0.4 is 10.1 Å². The van der Waals surface area contributed by atoms with Crippen LogP contribution in [0.25, 0.3) is 0 Å². The summed E-state index contributed by atoms with van der Waals surface area (Å²) in [4.78, 5) is 23.9. The van der Waals surface area contributed by atoms with Gasteiger partial charge in [-0.05, 0) is 12.1 Å². The van der Waals surface area contributed by atoms with Crippen molar-refractivity contribution in [2.45, 2.75) is 6.92 Å². The molecule has 0 aliphatic carbocycles. The van der Waals surface area contributed by atoms with Gasteiger partial charge in [-0.2, -0.15) is 0 Å². The molecule has 0 fully saturated rings. The van der Waals surface area contributed by atoms with Gasteiger partial charge in [-0.3, -0.25) is 9.59 Å². The molecule has 0 saturated heterocycles. The Morgan fingerprint density at radius 1 is 1.14 bits per heavy atom. The van der Waals surface area contributed by atoms with Crippen LogP contribution in [0.5, 0.6) is 5.75 Å². The van der Waals surface area contributed by atoms with Gasteiger partial charge in [0.15, 0.2) is 5.78 Å². The molecule has 0 unspecified atom stereocenters. The predicted molar refractivity (Wildman–Crippen MR) is 82.2 cm³/mol. The van der Waals surface area contributed by atoms with E-state index in [1.807, 2.05) is 6.07 Å². The number of amides is 1. The SMILES string of the molecule is COc1cc(C(=O)c2ccccc2)c(NC(C)=O)cc1Cl. The molecule has 0 aliphatic heterocycles. The molecule has 0 spiro atoms. The highest BCUT2D eigenvalue weighted by Crippen LogP contribution is 2.32. The van der Waals surface area contributed by atoms with Gasteiger partial charge in [-0.1, -0.05) is 41.9 Å².